The van der Waals surface area contributed by atoms with Crippen LogP contribution in [0.1, 0.15) is 24.1 Å². The first-order valence-corrected chi connectivity index (χ1v) is 4.69. The number of nitro benzene ring substituents is 1. The van der Waals surface area contributed by atoms with E-state index >= 15 is 0 Å². The topological polar surface area (TPSA) is 55.2 Å². The third-order valence-electron chi connectivity index (χ3n) is 2.68. The molecule has 0 saturated carbocycles. The van der Waals surface area contributed by atoms with Gasteiger partial charge in [-0.1, -0.05) is 12.1 Å². The van der Waals surface area contributed by atoms with Gasteiger partial charge in [0.15, 0.2) is 0 Å². The first-order valence-electron chi connectivity index (χ1n) is 4.69. The van der Waals surface area contributed by atoms with Crippen LogP contribution in [0.15, 0.2) is 18.2 Å². The predicted octanol–water partition coefficient (Wildman–Crippen LogP) is 1.80. The molecule has 0 spiro atoms. The molecule has 4 heteroatoms. The van der Waals surface area contributed by atoms with Crippen LogP contribution in [-0.4, -0.2) is 11.5 Å². The lowest BCUT2D eigenvalue weighted by Crippen LogP contribution is -2.28. The van der Waals surface area contributed by atoms with Crippen LogP contribution in [0.4, 0.5) is 5.69 Å². The Labute approximate surface area is 82.1 Å². The summed E-state index contributed by atoms with van der Waals surface area (Å²) < 4.78 is 0. The molecule has 0 aromatic heterocycles. The standard InChI is InChI=1S/C10H12N2O2/c1-7-8-3-2-4-10(12(13)14)9(8)5-6-11-7/h2-4,7,11H,5-6H2,1H3/t7-/m1/s1. The highest BCUT2D eigenvalue weighted by atomic mass is 16.6. The quantitative estimate of drug-likeness (QED) is 0.545. The molecule has 1 aliphatic rings. The van der Waals surface area contributed by atoms with Gasteiger partial charge in [-0.05, 0) is 18.9 Å². The zero-order valence-corrected chi connectivity index (χ0v) is 7.99. The minimum Gasteiger partial charge on any atom is -0.310 e. The highest BCUT2D eigenvalue weighted by Crippen LogP contribution is 2.29. The molecule has 1 N–H and O–H groups in total. The molecule has 2 rings (SSSR count). The van der Waals surface area contributed by atoms with Crippen LogP contribution in [0.25, 0.3) is 0 Å². The first-order chi connectivity index (χ1) is 6.70. The Bertz CT molecular complexity index is 376. The van der Waals surface area contributed by atoms with Crippen LogP contribution in [0.5, 0.6) is 0 Å². The molecule has 0 unspecified atom stereocenters. The van der Waals surface area contributed by atoms with Gasteiger partial charge >= 0.3 is 0 Å². The molecule has 1 aromatic rings. The van der Waals surface area contributed by atoms with Crippen LogP contribution in [0.3, 0.4) is 0 Å². The number of hydrogen-bond donors (Lipinski definition) is 1. The van der Waals surface area contributed by atoms with Crippen LogP contribution < -0.4 is 5.32 Å². The molecular formula is C10H12N2O2. The maximum Gasteiger partial charge on any atom is 0.272 e. The fourth-order valence-corrected chi connectivity index (χ4v) is 1.96. The molecule has 0 aliphatic carbocycles. The summed E-state index contributed by atoms with van der Waals surface area (Å²) in [6.45, 7) is 2.85. The van der Waals surface area contributed by atoms with Crippen LogP contribution >= 0.6 is 0 Å². The van der Waals surface area contributed by atoms with E-state index in [4.69, 9.17) is 0 Å². The van der Waals surface area contributed by atoms with Crippen LogP contribution in [0, 0.1) is 10.1 Å². The number of nitro groups is 1. The molecular weight excluding hydrogens is 180 g/mol. The van der Waals surface area contributed by atoms with E-state index < -0.39 is 0 Å². The molecule has 4 nitrogen and oxygen atoms in total. The van der Waals surface area contributed by atoms with E-state index in [-0.39, 0.29) is 16.7 Å². The van der Waals surface area contributed by atoms with E-state index in [2.05, 4.69) is 5.32 Å². The zero-order chi connectivity index (χ0) is 10.1. The van der Waals surface area contributed by atoms with Gasteiger partial charge in [0, 0.05) is 24.2 Å². The molecule has 0 amide bonds. The molecule has 0 radical (unpaired) electrons. The number of fused-ring (bicyclic) bond motifs is 1. The van der Waals surface area contributed by atoms with Crippen LogP contribution in [0.2, 0.25) is 0 Å². The normalized spacial score (nSPS) is 20.2. The third kappa shape index (κ3) is 1.37. The van der Waals surface area contributed by atoms with Gasteiger partial charge in [-0.15, -0.1) is 0 Å². The molecule has 1 aromatic carbocycles. The highest BCUT2D eigenvalue weighted by Gasteiger charge is 2.23. The molecule has 0 bridgehead atoms. The minimum atomic E-state index is -0.295. The summed E-state index contributed by atoms with van der Waals surface area (Å²) in [6.07, 6.45) is 0.747. The number of nitrogens with zero attached hydrogens (tertiary/aromatic N) is 1. The lowest BCUT2D eigenvalue weighted by atomic mass is 9.94. The van der Waals surface area contributed by atoms with Gasteiger partial charge in [0.25, 0.3) is 5.69 Å². The molecule has 1 atom stereocenters. The van der Waals surface area contributed by atoms with Crippen molar-refractivity contribution in [1.29, 1.82) is 0 Å². The summed E-state index contributed by atoms with van der Waals surface area (Å²) in [7, 11) is 0. The Hall–Kier alpha value is -1.42. The number of hydrogen-bond acceptors (Lipinski definition) is 3. The largest absolute Gasteiger partial charge is 0.310 e. The summed E-state index contributed by atoms with van der Waals surface area (Å²) in [5.74, 6) is 0. The Morgan fingerprint density at radius 2 is 2.36 bits per heavy atom. The lowest BCUT2D eigenvalue weighted by molar-refractivity contribution is -0.385. The maximum absolute atomic E-state index is 10.8. The molecule has 1 heterocycles. The van der Waals surface area contributed by atoms with Crippen molar-refractivity contribution in [2.45, 2.75) is 19.4 Å². The fraction of sp³-hybridized carbons (Fsp3) is 0.400. The van der Waals surface area contributed by atoms with Crippen molar-refractivity contribution in [2.24, 2.45) is 0 Å². The Morgan fingerprint density at radius 3 is 3.07 bits per heavy atom. The summed E-state index contributed by atoms with van der Waals surface area (Å²) in [5.41, 5.74) is 2.21. The summed E-state index contributed by atoms with van der Waals surface area (Å²) in [4.78, 5) is 10.5. The van der Waals surface area contributed by atoms with Gasteiger partial charge in [0.1, 0.15) is 0 Å². The molecule has 0 saturated heterocycles. The first kappa shape index (κ1) is 9.15. The molecule has 74 valence electrons. The van der Waals surface area contributed by atoms with Crippen molar-refractivity contribution in [3.05, 3.63) is 39.4 Å². The second-order valence-electron chi connectivity index (χ2n) is 3.53. The van der Waals surface area contributed by atoms with Gasteiger partial charge in [0.2, 0.25) is 0 Å². The molecule has 14 heavy (non-hydrogen) atoms. The fourth-order valence-electron chi connectivity index (χ4n) is 1.96. The lowest BCUT2D eigenvalue weighted by Gasteiger charge is -2.23. The molecule has 1 aliphatic heterocycles. The van der Waals surface area contributed by atoms with E-state index in [1.54, 1.807) is 12.1 Å². The predicted molar refractivity (Wildman–Crippen MR) is 53.2 cm³/mol. The average Bonchev–Trinajstić information content (AvgIpc) is 2.17. The van der Waals surface area contributed by atoms with Crippen molar-refractivity contribution < 1.29 is 4.92 Å². The van der Waals surface area contributed by atoms with Gasteiger partial charge < -0.3 is 5.32 Å². The van der Waals surface area contributed by atoms with Gasteiger partial charge in [-0.25, -0.2) is 0 Å². The zero-order valence-electron chi connectivity index (χ0n) is 7.99. The Morgan fingerprint density at radius 1 is 1.57 bits per heavy atom. The van der Waals surface area contributed by atoms with Crippen molar-refractivity contribution in [2.75, 3.05) is 6.54 Å². The Kier molecular flexibility index (Phi) is 2.21. The molecule has 0 fully saturated rings. The maximum atomic E-state index is 10.8. The summed E-state index contributed by atoms with van der Waals surface area (Å²) in [5, 5.41) is 14.0. The second-order valence-corrected chi connectivity index (χ2v) is 3.53. The van der Waals surface area contributed by atoms with Crippen LogP contribution in [-0.2, 0) is 6.42 Å². The van der Waals surface area contributed by atoms with Crippen molar-refractivity contribution in [3.8, 4) is 0 Å². The Balaban J connectivity index is 2.55. The SMILES string of the molecule is C[C@H]1NCCc2c1cccc2[N+](=O)[O-]. The van der Waals surface area contributed by atoms with Gasteiger partial charge in [-0.3, -0.25) is 10.1 Å². The number of benzene rings is 1. The third-order valence-corrected chi connectivity index (χ3v) is 2.68. The summed E-state index contributed by atoms with van der Waals surface area (Å²) >= 11 is 0. The monoisotopic (exact) mass is 192 g/mol. The van der Waals surface area contributed by atoms with Gasteiger partial charge in [-0.2, -0.15) is 0 Å². The summed E-state index contributed by atoms with van der Waals surface area (Å²) in [6, 6.07) is 5.51. The smallest absolute Gasteiger partial charge is 0.272 e. The second kappa shape index (κ2) is 3.38. The van der Waals surface area contributed by atoms with E-state index in [0.29, 0.717) is 0 Å². The number of rotatable bonds is 1. The highest BCUT2D eigenvalue weighted by molar-refractivity contribution is 5.48. The minimum absolute atomic E-state index is 0.221. The average molecular weight is 192 g/mol. The number of nitrogens with one attached hydrogen (secondary N) is 1. The van der Waals surface area contributed by atoms with E-state index in [1.165, 1.54) is 0 Å². The van der Waals surface area contributed by atoms with E-state index in [0.717, 1.165) is 24.1 Å². The van der Waals surface area contributed by atoms with Gasteiger partial charge in [0.05, 0.1) is 4.92 Å². The van der Waals surface area contributed by atoms with E-state index in [1.807, 2.05) is 13.0 Å². The van der Waals surface area contributed by atoms with Crippen molar-refractivity contribution in [3.63, 3.8) is 0 Å². The van der Waals surface area contributed by atoms with E-state index in [9.17, 15) is 10.1 Å². The van der Waals surface area contributed by atoms with Crippen molar-refractivity contribution >= 4 is 5.69 Å². The van der Waals surface area contributed by atoms with Crippen molar-refractivity contribution in [1.82, 2.24) is 5.32 Å².